The number of hydrogen-bond acceptors (Lipinski definition) is 15. The van der Waals surface area contributed by atoms with E-state index < -0.39 is 29.2 Å². The summed E-state index contributed by atoms with van der Waals surface area (Å²) >= 11 is 3.69. The molecular formula is C21H20N10O6S3. The number of aliphatic carboxylic acids is 1. The second-order valence-corrected chi connectivity index (χ2v) is 11.1. The van der Waals surface area contributed by atoms with Crippen molar-refractivity contribution in [1.82, 2.24) is 40.6 Å². The van der Waals surface area contributed by atoms with Crippen LogP contribution in [0.5, 0.6) is 0 Å². The van der Waals surface area contributed by atoms with Crippen molar-refractivity contribution in [2.75, 3.05) is 17.2 Å². The summed E-state index contributed by atoms with van der Waals surface area (Å²) in [5, 5.41) is 33.2. The van der Waals surface area contributed by atoms with Crippen LogP contribution in [0.2, 0.25) is 0 Å². The molecule has 208 valence electrons. The first kappa shape index (κ1) is 27.3. The minimum atomic E-state index is -1.24. The Balaban J connectivity index is 1.29. The van der Waals surface area contributed by atoms with Crippen LogP contribution >= 0.6 is 34.9 Å². The molecule has 1 saturated heterocycles. The summed E-state index contributed by atoms with van der Waals surface area (Å²) in [7, 11) is 0. The molecule has 40 heavy (non-hydrogen) atoms. The van der Waals surface area contributed by atoms with E-state index in [-0.39, 0.29) is 34.6 Å². The fourth-order valence-corrected chi connectivity index (χ4v) is 6.69. The number of fused-ring (bicyclic) bond motifs is 1. The van der Waals surface area contributed by atoms with Crippen molar-refractivity contribution < 1.29 is 28.9 Å². The highest BCUT2D eigenvalue weighted by atomic mass is 32.2. The minimum absolute atomic E-state index is 0.0744. The number of aromatic nitrogens is 6. The van der Waals surface area contributed by atoms with Crippen molar-refractivity contribution in [3.63, 3.8) is 0 Å². The number of anilines is 1. The number of tetrazole rings is 1. The number of nitrogens with two attached hydrogens (primary N) is 1. The van der Waals surface area contributed by atoms with Crippen LogP contribution in [0.1, 0.15) is 11.4 Å². The molecule has 2 aliphatic rings. The van der Waals surface area contributed by atoms with Gasteiger partial charge in [-0.3, -0.25) is 14.5 Å². The lowest BCUT2D eigenvalue weighted by atomic mass is 10.0. The number of thiazole rings is 1. The van der Waals surface area contributed by atoms with E-state index in [2.05, 4.69) is 42.7 Å². The van der Waals surface area contributed by atoms with Gasteiger partial charge >= 0.3 is 5.97 Å². The van der Waals surface area contributed by atoms with Gasteiger partial charge < -0.3 is 25.5 Å². The van der Waals surface area contributed by atoms with Gasteiger partial charge in [-0.1, -0.05) is 28.2 Å². The highest BCUT2D eigenvalue weighted by Gasteiger charge is 2.54. The summed E-state index contributed by atoms with van der Waals surface area (Å²) in [5.41, 5.74) is 6.54. The maximum absolute atomic E-state index is 13.2. The number of carboxylic acids is 1. The van der Waals surface area contributed by atoms with Crippen molar-refractivity contribution in [3.8, 4) is 0 Å². The molecule has 16 nitrogen and oxygen atoms in total. The molecule has 1 unspecified atom stereocenters. The van der Waals surface area contributed by atoms with Gasteiger partial charge in [0.25, 0.3) is 11.8 Å². The molecule has 0 bridgehead atoms. The fraction of sp³-hybridized carbons (Fsp3) is 0.286. The Kier molecular flexibility index (Phi) is 8.12. The predicted molar refractivity (Wildman–Crippen MR) is 143 cm³/mol. The Morgan fingerprint density at radius 1 is 1.45 bits per heavy atom. The highest BCUT2D eigenvalue weighted by molar-refractivity contribution is 8.01. The number of carbonyl (C=O) groups is 3. The van der Waals surface area contributed by atoms with Crippen molar-refractivity contribution >= 4 is 63.5 Å². The second-order valence-electron chi connectivity index (χ2n) is 8.11. The average Bonchev–Trinajstić information content (AvgIpc) is 3.71. The summed E-state index contributed by atoms with van der Waals surface area (Å²) in [5.74, 6) is -1.97. The third-order valence-corrected chi connectivity index (χ3v) is 8.61. The molecule has 0 radical (unpaired) electrons. The molecular weight excluding hydrogens is 584 g/mol. The van der Waals surface area contributed by atoms with E-state index in [1.807, 2.05) is 0 Å². The molecule has 0 aliphatic carbocycles. The predicted octanol–water partition coefficient (Wildman–Crippen LogP) is 0.338. The number of rotatable bonds is 12. The van der Waals surface area contributed by atoms with Gasteiger partial charge in [0, 0.05) is 23.0 Å². The fourth-order valence-electron chi connectivity index (χ4n) is 3.77. The molecule has 3 aromatic heterocycles. The number of nitrogen functional groups attached to an aromatic ring is 1. The van der Waals surface area contributed by atoms with Gasteiger partial charge in [0.1, 0.15) is 34.8 Å². The first-order valence-corrected chi connectivity index (χ1v) is 14.3. The van der Waals surface area contributed by atoms with Gasteiger partial charge in [-0.05, 0) is 16.0 Å². The molecule has 3 aromatic rings. The SMILES string of the molecule is C=CCn1nnnc1SCC1=C(C(=O)O)N2C(=O)C(NC(=O)/C(=N\OCc3ccon3)c3csc(N)n3)[C@H]2SC1. The number of thioether (sulfide) groups is 2. The summed E-state index contributed by atoms with van der Waals surface area (Å²) in [6.45, 7) is 3.98. The monoisotopic (exact) mass is 604 g/mol. The number of nitrogens with one attached hydrogen (secondary N) is 1. The molecule has 19 heteroatoms. The maximum Gasteiger partial charge on any atom is 0.352 e. The van der Waals surface area contributed by atoms with Gasteiger partial charge in [-0.25, -0.2) is 14.5 Å². The lowest BCUT2D eigenvalue weighted by molar-refractivity contribution is -0.150. The number of carboxylic acid groups (broad SMARTS) is 1. The molecule has 0 saturated carbocycles. The number of carbonyl (C=O) groups excluding carboxylic acids is 2. The van der Waals surface area contributed by atoms with Crippen molar-refractivity contribution in [1.29, 1.82) is 0 Å². The van der Waals surface area contributed by atoms with Crippen LogP contribution in [0.15, 0.2) is 56.5 Å². The highest BCUT2D eigenvalue weighted by Crippen LogP contribution is 2.41. The van der Waals surface area contributed by atoms with E-state index in [1.165, 1.54) is 44.7 Å². The number of amides is 2. The van der Waals surface area contributed by atoms with Crippen molar-refractivity contribution in [2.24, 2.45) is 5.16 Å². The Morgan fingerprint density at radius 2 is 2.30 bits per heavy atom. The van der Waals surface area contributed by atoms with E-state index in [9.17, 15) is 19.5 Å². The number of oxime groups is 1. The summed E-state index contributed by atoms with van der Waals surface area (Å²) in [4.78, 5) is 49.0. The number of nitrogens with zero attached hydrogens (tertiary/aromatic N) is 8. The van der Waals surface area contributed by atoms with E-state index in [1.54, 1.807) is 12.1 Å². The zero-order valence-corrected chi connectivity index (χ0v) is 22.8. The van der Waals surface area contributed by atoms with Crippen LogP contribution in [-0.2, 0) is 32.4 Å². The standard InChI is InChI=1S/C21H20N10O6S3/c1-2-4-30-21(25-28-29-30)40-8-10-7-38-18-14(17(33)31(18)15(10)19(34)35)24-16(32)13(12-9-39-20(22)23-12)27-37-6-11-3-5-36-26-11/h2-3,5,9,14,18H,1,4,6-8H2,(H2,22,23)(H,24,32)(H,34,35)/b27-13-/t14?,18-/m1/s1. The Bertz CT molecular complexity index is 1500. The first-order chi connectivity index (χ1) is 19.4. The van der Waals surface area contributed by atoms with E-state index in [0.717, 1.165) is 11.3 Å². The molecule has 0 spiro atoms. The Hall–Kier alpha value is -4.23. The van der Waals surface area contributed by atoms with Crippen LogP contribution in [0, 0.1) is 0 Å². The van der Waals surface area contributed by atoms with Crippen LogP contribution in [0.3, 0.4) is 0 Å². The Morgan fingerprint density at radius 3 is 3.00 bits per heavy atom. The van der Waals surface area contributed by atoms with Crippen LogP contribution < -0.4 is 11.1 Å². The van der Waals surface area contributed by atoms with Crippen LogP contribution in [-0.4, -0.2) is 86.8 Å². The summed E-state index contributed by atoms with van der Waals surface area (Å²) < 4.78 is 6.27. The first-order valence-electron chi connectivity index (χ1n) is 11.4. The van der Waals surface area contributed by atoms with E-state index >= 15 is 0 Å². The number of allylic oxidation sites excluding steroid dienone is 1. The maximum atomic E-state index is 13.2. The van der Waals surface area contributed by atoms with E-state index in [4.69, 9.17) is 15.1 Å². The van der Waals surface area contributed by atoms with Gasteiger partial charge in [-0.15, -0.1) is 34.8 Å². The largest absolute Gasteiger partial charge is 0.477 e. The van der Waals surface area contributed by atoms with Gasteiger partial charge in [0.15, 0.2) is 17.5 Å². The minimum Gasteiger partial charge on any atom is -0.477 e. The van der Waals surface area contributed by atoms with Gasteiger partial charge in [0.2, 0.25) is 5.16 Å². The van der Waals surface area contributed by atoms with Gasteiger partial charge in [0.05, 0.1) is 6.54 Å². The summed E-state index contributed by atoms with van der Waals surface area (Å²) in [6.07, 6.45) is 3.00. The third kappa shape index (κ3) is 5.56. The lowest BCUT2D eigenvalue weighted by Gasteiger charge is -2.49. The second kappa shape index (κ2) is 11.9. The molecule has 2 aliphatic heterocycles. The molecule has 2 atom stereocenters. The molecule has 1 fully saturated rings. The lowest BCUT2D eigenvalue weighted by Crippen LogP contribution is -2.71. The molecule has 2 amide bonds. The molecule has 5 rings (SSSR count). The average molecular weight is 605 g/mol. The summed E-state index contributed by atoms with van der Waals surface area (Å²) in [6, 6.07) is 0.583. The van der Waals surface area contributed by atoms with Crippen molar-refractivity contribution in [3.05, 3.63) is 53.0 Å². The molecule has 5 heterocycles. The number of β-lactam (4-membered cyclic amide) rings is 1. The third-order valence-electron chi connectivity index (χ3n) is 5.55. The molecule has 4 N–H and O–H groups in total. The molecule has 0 aromatic carbocycles. The van der Waals surface area contributed by atoms with E-state index in [0.29, 0.717) is 28.7 Å². The smallest absolute Gasteiger partial charge is 0.352 e. The Labute approximate surface area is 237 Å². The quantitative estimate of drug-likeness (QED) is 0.0835. The topological polar surface area (TPSA) is 217 Å². The zero-order chi connectivity index (χ0) is 28.2. The van der Waals surface area contributed by atoms with Gasteiger partial charge in [-0.2, -0.15) is 0 Å². The normalized spacial score (nSPS) is 18.8. The zero-order valence-electron chi connectivity index (χ0n) is 20.4. The van der Waals surface area contributed by atoms with Crippen molar-refractivity contribution in [2.45, 2.75) is 29.7 Å². The van der Waals surface area contributed by atoms with Crippen LogP contribution in [0.4, 0.5) is 5.13 Å². The van der Waals surface area contributed by atoms with Crippen LogP contribution in [0.25, 0.3) is 0 Å². The number of hydrogen-bond donors (Lipinski definition) is 3.